The number of amides is 1. The predicted octanol–water partition coefficient (Wildman–Crippen LogP) is 2.45. The van der Waals surface area contributed by atoms with Crippen LogP contribution in [0.1, 0.15) is 46.0 Å². The molecule has 2 aliphatic heterocycles. The van der Waals surface area contributed by atoms with Crippen LogP contribution in [0.25, 0.3) is 0 Å². The summed E-state index contributed by atoms with van der Waals surface area (Å²) in [5.41, 5.74) is 0.321. The summed E-state index contributed by atoms with van der Waals surface area (Å²) >= 11 is 0. The number of rotatable bonds is 2. The van der Waals surface area contributed by atoms with Gasteiger partial charge in [-0.25, -0.2) is 0 Å². The van der Waals surface area contributed by atoms with Crippen molar-refractivity contribution in [3.05, 3.63) is 0 Å². The summed E-state index contributed by atoms with van der Waals surface area (Å²) in [6, 6.07) is 0. The maximum atomic E-state index is 12.3. The molecule has 0 radical (unpaired) electrons. The number of nitrogens with one attached hydrogen (secondary N) is 1. The highest BCUT2D eigenvalue weighted by molar-refractivity contribution is 5.85. The van der Waals surface area contributed by atoms with Crippen molar-refractivity contribution in [3.63, 3.8) is 0 Å². The average Bonchev–Trinajstić information content (AvgIpc) is 2.29. The van der Waals surface area contributed by atoms with Gasteiger partial charge in [0.15, 0.2) is 0 Å². The van der Waals surface area contributed by atoms with E-state index in [0.717, 1.165) is 32.6 Å². The highest BCUT2D eigenvalue weighted by Crippen LogP contribution is 2.29. The van der Waals surface area contributed by atoms with Crippen LogP contribution in [0.4, 0.5) is 0 Å². The molecule has 1 N–H and O–H groups in total. The summed E-state index contributed by atoms with van der Waals surface area (Å²) < 4.78 is 0. The second-order valence-corrected chi connectivity index (χ2v) is 6.48. The van der Waals surface area contributed by atoms with Gasteiger partial charge in [0.2, 0.25) is 5.91 Å². The number of hydrogen-bond acceptors (Lipinski definition) is 2. The lowest BCUT2D eigenvalue weighted by Crippen LogP contribution is -2.44. The number of carbonyl (C=O) groups is 1. The monoisotopic (exact) mass is 274 g/mol. The van der Waals surface area contributed by atoms with Gasteiger partial charge in [0.05, 0.1) is 0 Å². The van der Waals surface area contributed by atoms with E-state index in [4.69, 9.17) is 0 Å². The van der Waals surface area contributed by atoms with E-state index in [0.29, 0.717) is 17.2 Å². The Kier molecular flexibility index (Phi) is 5.93. The standard InChI is InChI=1S/C14H26N2O.ClH/c1-14(2)6-3-9-16(11-14)13(17)10-12-4-7-15-8-5-12;/h12,15H,3-11H2,1-2H3;1H. The molecular formula is C14H27ClN2O. The van der Waals surface area contributed by atoms with Crippen molar-refractivity contribution < 1.29 is 4.79 Å². The minimum Gasteiger partial charge on any atom is -0.342 e. The van der Waals surface area contributed by atoms with E-state index in [1.807, 2.05) is 0 Å². The van der Waals surface area contributed by atoms with Crippen LogP contribution in [0.3, 0.4) is 0 Å². The van der Waals surface area contributed by atoms with Crippen molar-refractivity contribution >= 4 is 18.3 Å². The summed E-state index contributed by atoms with van der Waals surface area (Å²) in [5, 5.41) is 3.36. The van der Waals surface area contributed by atoms with Crippen LogP contribution in [0.5, 0.6) is 0 Å². The first-order valence-electron chi connectivity index (χ1n) is 7.05. The number of hydrogen-bond donors (Lipinski definition) is 1. The fourth-order valence-corrected chi connectivity index (χ4v) is 3.10. The van der Waals surface area contributed by atoms with Gasteiger partial charge in [-0.3, -0.25) is 4.79 Å². The summed E-state index contributed by atoms with van der Waals surface area (Å²) in [6.07, 6.45) is 5.54. The molecule has 0 aromatic carbocycles. The SMILES string of the molecule is CC1(C)CCCN(C(=O)CC2CCNCC2)C1.Cl. The van der Waals surface area contributed by atoms with Crippen LogP contribution in [0.15, 0.2) is 0 Å². The van der Waals surface area contributed by atoms with Gasteiger partial charge in [-0.2, -0.15) is 0 Å². The Balaban J connectivity index is 0.00000162. The maximum Gasteiger partial charge on any atom is 0.222 e. The highest BCUT2D eigenvalue weighted by atomic mass is 35.5. The lowest BCUT2D eigenvalue weighted by Gasteiger charge is -2.38. The van der Waals surface area contributed by atoms with Crippen LogP contribution in [-0.2, 0) is 4.79 Å². The molecule has 1 amide bonds. The minimum absolute atomic E-state index is 0. The third-order valence-corrected chi connectivity index (χ3v) is 4.18. The third-order valence-electron chi connectivity index (χ3n) is 4.18. The molecular weight excluding hydrogens is 248 g/mol. The molecule has 0 aliphatic carbocycles. The van der Waals surface area contributed by atoms with Gasteiger partial charge in [-0.15, -0.1) is 12.4 Å². The Labute approximate surface area is 117 Å². The Bertz CT molecular complexity index is 275. The highest BCUT2D eigenvalue weighted by Gasteiger charge is 2.30. The fourth-order valence-electron chi connectivity index (χ4n) is 3.10. The molecule has 18 heavy (non-hydrogen) atoms. The van der Waals surface area contributed by atoms with Gasteiger partial charge in [0.1, 0.15) is 0 Å². The third kappa shape index (κ3) is 4.43. The van der Waals surface area contributed by atoms with Gasteiger partial charge in [-0.1, -0.05) is 13.8 Å². The molecule has 0 spiro atoms. The molecule has 2 heterocycles. The molecule has 0 aromatic rings. The Morgan fingerprint density at radius 1 is 1.33 bits per heavy atom. The molecule has 2 saturated heterocycles. The molecule has 0 bridgehead atoms. The molecule has 2 rings (SSSR count). The largest absolute Gasteiger partial charge is 0.342 e. The maximum absolute atomic E-state index is 12.3. The molecule has 0 atom stereocenters. The Hall–Kier alpha value is -0.280. The Morgan fingerprint density at radius 2 is 2.00 bits per heavy atom. The number of nitrogens with zero attached hydrogens (tertiary/aromatic N) is 1. The van der Waals surface area contributed by atoms with E-state index in [1.54, 1.807) is 0 Å². The second kappa shape index (κ2) is 6.76. The van der Waals surface area contributed by atoms with Crippen molar-refractivity contribution in [3.8, 4) is 0 Å². The zero-order valence-electron chi connectivity index (χ0n) is 11.7. The van der Waals surface area contributed by atoms with Crippen LogP contribution >= 0.6 is 12.4 Å². The molecule has 0 unspecified atom stereocenters. The second-order valence-electron chi connectivity index (χ2n) is 6.48. The van der Waals surface area contributed by atoms with Gasteiger partial charge in [-0.05, 0) is 50.1 Å². The van der Waals surface area contributed by atoms with Crippen molar-refractivity contribution in [2.24, 2.45) is 11.3 Å². The smallest absolute Gasteiger partial charge is 0.222 e. The number of likely N-dealkylation sites (tertiary alicyclic amines) is 1. The predicted molar refractivity (Wildman–Crippen MR) is 77.1 cm³/mol. The Morgan fingerprint density at radius 3 is 2.61 bits per heavy atom. The molecule has 106 valence electrons. The quantitative estimate of drug-likeness (QED) is 0.839. The van der Waals surface area contributed by atoms with E-state index in [9.17, 15) is 4.79 Å². The summed E-state index contributed by atoms with van der Waals surface area (Å²) in [6.45, 7) is 8.66. The van der Waals surface area contributed by atoms with Gasteiger partial charge in [0.25, 0.3) is 0 Å². The lowest BCUT2D eigenvalue weighted by atomic mass is 9.83. The first-order chi connectivity index (χ1) is 8.07. The van der Waals surface area contributed by atoms with Crippen LogP contribution in [-0.4, -0.2) is 37.0 Å². The number of halogens is 1. The molecule has 3 nitrogen and oxygen atoms in total. The lowest BCUT2D eigenvalue weighted by molar-refractivity contribution is -0.135. The first kappa shape index (κ1) is 15.8. The topological polar surface area (TPSA) is 32.3 Å². The van der Waals surface area contributed by atoms with Crippen LogP contribution < -0.4 is 5.32 Å². The zero-order chi connectivity index (χ0) is 12.3. The first-order valence-corrected chi connectivity index (χ1v) is 7.05. The van der Waals surface area contributed by atoms with E-state index in [-0.39, 0.29) is 12.4 Å². The van der Waals surface area contributed by atoms with Crippen LogP contribution in [0, 0.1) is 11.3 Å². The van der Waals surface area contributed by atoms with Crippen molar-refractivity contribution in [2.75, 3.05) is 26.2 Å². The summed E-state index contributed by atoms with van der Waals surface area (Å²) in [5.74, 6) is 1.01. The van der Waals surface area contributed by atoms with E-state index in [1.165, 1.54) is 25.7 Å². The molecule has 4 heteroatoms. The van der Waals surface area contributed by atoms with E-state index < -0.39 is 0 Å². The van der Waals surface area contributed by atoms with Gasteiger partial charge in [0, 0.05) is 19.5 Å². The van der Waals surface area contributed by atoms with Crippen LogP contribution in [0.2, 0.25) is 0 Å². The molecule has 0 aromatic heterocycles. The van der Waals surface area contributed by atoms with E-state index in [2.05, 4.69) is 24.1 Å². The van der Waals surface area contributed by atoms with Gasteiger partial charge >= 0.3 is 0 Å². The zero-order valence-corrected chi connectivity index (χ0v) is 12.5. The fraction of sp³-hybridized carbons (Fsp3) is 0.929. The number of carbonyl (C=O) groups excluding carboxylic acids is 1. The van der Waals surface area contributed by atoms with Crippen molar-refractivity contribution in [1.29, 1.82) is 0 Å². The van der Waals surface area contributed by atoms with Crippen molar-refractivity contribution in [1.82, 2.24) is 10.2 Å². The van der Waals surface area contributed by atoms with Crippen molar-refractivity contribution in [2.45, 2.75) is 46.0 Å². The minimum atomic E-state index is 0. The number of piperidine rings is 2. The molecule has 2 fully saturated rings. The average molecular weight is 275 g/mol. The summed E-state index contributed by atoms with van der Waals surface area (Å²) in [4.78, 5) is 14.4. The molecule has 2 aliphatic rings. The van der Waals surface area contributed by atoms with E-state index >= 15 is 0 Å². The normalized spacial score (nSPS) is 24.4. The molecule has 0 saturated carbocycles. The van der Waals surface area contributed by atoms with Gasteiger partial charge < -0.3 is 10.2 Å². The summed E-state index contributed by atoms with van der Waals surface area (Å²) in [7, 11) is 0.